The highest BCUT2D eigenvalue weighted by Gasteiger charge is 2.17. The van der Waals surface area contributed by atoms with Gasteiger partial charge in [-0.05, 0) is 19.9 Å². The van der Waals surface area contributed by atoms with Crippen molar-refractivity contribution in [3.8, 4) is 0 Å². The minimum absolute atomic E-state index is 0.0437. The molecule has 1 amide bonds. The Balaban J connectivity index is 2.44. The maximum Gasteiger partial charge on any atom is 0.223 e. The van der Waals surface area contributed by atoms with Crippen LogP contribution < -0.4 is 11.1 Å². The van der Waals surface area contributed by atoms with Gasteiger partial charge in [-0.25, -0.2) is 0 Å². The summed E-state index contributed by atoms with van der Waals surface area (Å²) in [5, 5.41) is 16.1. The van der Waals surface area contributed by atoms with Gasteiger partial charge in [-0.15, -0.1) is 10.2 Å². The lowest BCUT2D eigenvalue weighted by molar-refractivity contribution is -0.125. The van der Waals surface area contributed by atoms with E-state index in [0.717, 1.165) is 0 Å². The van der Waals surface area contributed by atoms with Crippen LogP contribution in [0.25, 0.3) is 0 Å². The standard InChI is InChI=1S/C8H16N6O/c1-5(3-4-9)8(15)10-6(2)7-11-13-14-12-7/h5-6H,3-4,9H2,1-2H3,(H,10,15)(H,11,12,13,14). The fourth-order valence-corrected chi connectivity index (χ4v) is 1.15. The predicted octanol–water partition coefficient (Wildman–Crippen LogP) is -0.638. The number of nitrogens with two attached hydrogens (primary N) is 1. The first-order valence-corrected chi connectivity index (χ1v) is 4.89. The quantitative estimate of drug-likeness (QED) is 0.601. The van der Waals surface area contributed by atoms with Gasteiger partial charge in [-0.3, -0.25) is 4.79 Å². The molecule has 1 aromatic rings. The van der Waals surface area contributed by atoms with Crippen LogP contribution in [0.2, 0.25) is 0 Å². The molecule has 84 valence electrons. The van der Waals surface area contributed by atoms with Gasteiger partial charge in [0.2, 0.25) is 5.91 Å². The number of rotatable bonds is 5. The molecule has 0 saturated carbocycles. The minimum atomic E-state index is -0.239. The summed E-state index contributed by atoms with van der Waals surface area (Å²) in [4.78, 5) is 11.6. The Kier molecular flexibility index (Phi) is 4.17. The van der Waals surface area contributed by atoms with Gasteiger partial charge in [0.15, 0.2) is 5.82 Å². The number of carbonyl (C=O) groups excluding carboxylic acids is 1. The van der Waals surface area contributed by atoms with Crippen LogP contribution >= 0.6 is 0 Å². The molecule has 4 N–H and O–H groups in total. The van der Waals surface area contributed by atoms with Crippen LogP contribution in [0.4, 0.5) is 0 Å². The van der Waals surface area contributed by atoms with Crippen LogP contribution in [-0.2, 0) is 4.79 Å². The number of carbonyl (C=O) groups is 1. The van der Waals surface area contributed by atoms with E-state index in [4.69, 9.17) is 5.73 Å². The van der Waals surface area contributed by atoms with Crippen LogP contribution in [0.1, 0.15) is 32.1 Å². The van der Waals surface area contributed by atoms with Crippen LogP contribution in [0.3, 0.4) is 0 Å². The molecule has 0 aliphatic carbocycles. The molecular weight excluding hydrogens is 196 g/mol. The van der Waals surface area contributed by atoms with E-state index in [2.05, 4.69) is 25.9 Å². The minimum Gasteiger partial charge on any atom is -0.346 e. The number of amides is 1. The molecule has 0 aliphatic heterocycles. The maximum absolute atomic E-state index is 11.6. The lowest BCUT2D eigenvalue weighted by Gasteiger charge is -2.14. The number of H-pyrrole nitrogens is 1. The zero-order chi connectivity index (χ0) is 11.3. The molecule has 0 fully saturated rings. The van der Waals surface area contributed by atoms with Crippen LogP contribution in [-0.4, -0.2) is 33.1 Å². The molecule has 1 aromatic heterocycles. The molecule has 0 saturated heterocycles. The van der Waals surface area contributed by atoms with E-state index in [0.29, 0.717) is 18.8 Å². The third kappa shape index (κ3) is 3.28. The number of nitrogens with one attached hydrogen (secondary N) is 2. The Labute approximate surface area is 87.8 Å². The molecule has 0 radical (unpaired) electrons. The van der Waals surface area contributed by atoms with Gasteiger partial charge in [0.05, 0.1) is 6.04 Å². The van der Waals surface area contributed by atoms with Crippen LogP contribution in [0.5, 0.6) is 0 Å². The zero-order valence-electron chi connectivity index (χ0n) is 8.90. The Morgan fingerprint density at radius 2 is 2.33 bits per heavy atom. The summed E-state index contributed by atoms with van der Waals surface area (Å²) in [6.07, 6.45) is 0.671. The van der Waals surface area contributed by atoms with Crippen molar-refractivity contribution < 1.29 is 4.79 Å². The molecular formula is C8H16N6O. The maximum atomic E-state index is 11.6. The Morgan fingerprint density at radius 1 is 1.60 bits per heavy atom. The second-order valence-corrected chi connectivity index (χ2v) is 3.48. The normalized spacial score (nSPS) is 14.6. The van der Waals surface area contributed by atoms with Crippen molar-refractivity contribution in [2.75, 3.05) is 6.54 Å². The Hall–Kier alpha value is -1.50. The van der Waals surface area contributed by atoms with Crippen LogP contribution in [0.15, 0.2) is 0 Å². The third-order valence-corrected chi connectivity index (χ3v) is 2.16. The SMILES string of the molecule is CC(CCN)C(=O)NC(C)c1nn[nH]n1. The van der Waals surface area contributed by atoms with E-state index in [1.807, 2.05) is 6.92 Å². The van der Waals surface area contributed by atoms with Crippen molar-refractivity contribution in [1.29, 1.82) is 0 Å². The average Bonchev–Trinajstić information content (AvgIpc) is 2.70. The molecule has 0 spiro atoms. The van der Waals surface area contributed by atoms with E-state index >= 15 is 0 Å². The Morgan fingerprint density at radius 3 is 2.87 bits per heavy atom. The molecule has 1 heterocycles. The van der Waals surface area contributed by atoms with Crippen LogP contribution in [0, 0.1) is 5.92 Å². The highest BCUT2D eigenvalue weighted by atomic mass is 16.1. The summed E-state index contributed by atoms with van der Waals surface area (Å²) in [6.45, 7) is 4.15. The van der Waals surface area contributed by atoms with E-state index in [1.54, 1.807) is 6.92 Å². The second-order valence-electron chi connectivity index (χ2n) is 3.48. The molecule has 7 heteroatoms. The lowest BCUT2D eigenvalue weighted by atomic mass is 10.1. The molecule has 1 rings (SSSR count). The average molecular weight is 212 g/mol. The van der Waals surface area contributed by atoms with E-state index in [1.165, 1.54) is 0 Å². The summed E-state index contributed by atoms with van der Waals surface area (Å²) >= 11 is 0. The summed E-state index contributed by atoms with van der Waals surface area (Å²) in [5.74, 6) is 0.338. The zero-order valence-corrected chi connectivity index (χ0v) is 8.90. The van der Waals surface area contributed by atoms with Crippen molar-refractivity contribution in [2.45, 2.75) is 26.3 Å². The first-order valence-electron chi connectivity index (χ1n) is 4.89. The first kappa shape index (κ1) is 11.6. The van der Waals surface area contributed by atoms with Crippen molar-refractivity contribution in [1.82, 2.24) is 25.9 Å². The molecule has 2 atom stereocenters. The van der Waals surface area contributed by atoms with Gasteiger partial charge >= 0.3 is 0 Å². The third-order valence-electron chi connectivity index (χ3n) is 2.16. The molecule has 2 unspecified atom stereocenters. The van der Waals surface area contributed by atoms with Crippen molar-refractivity contribution in [2.24, 2.45) is 11.7 Å². The van der Waals surface area contributed by atoms with Gasteiger partial charge in [-0.1, -0.05) is 12.1 Å². The smallest absolute Gasteiger partial charge is 0.223 e. The number of aromatic amines is 1. The number of aromatic nitrogens is 4. The van der Waals surface area contributed by atoms with Crippen molar-refractivity contribution in [3.63, 3.8) is 0 Å². The largest absolute Gasteiger partial charge is 0.346 e. The fraction of sp³-hybridized carbons (Fsp3) is 0.750. The topological polar surface area (TPSA) is 110 Å². The van der Waals surface area contributed by atoms with Gasteiger partial charge in [0.1, 0.15) is 0 Å². The summed E-state index contributed by atoms with van der Waals surface area (Å²) in [5.41, 5.74) is 5.37. The molecule has 0 aromatic carbocycles. The summed E-state index contributed by atoms with van der Waals surface area (Å²) < 4.78 is 0. The Bertz CT molecular complexity index is 298. The van der Waals surface area contributed by atoms with Crippen molar-refractivity contribution >= 4 is 5.91 Å². The summed E-state index contributed by atoms with van der Waals surface area (Å²) in [6, 6.07) is -0.239. The highest BCUT2D eigenvalue weighted by Crippen LogP contribution is 2.07. The lowest BCUT2D eigenvalue weighted by Crippen LogP contribution is -2.33. The van der Waals surface area contributed by atoms with Gasteiger partial charge in [0, 0.05) is 5.92 Å². The monoisotopic (exact) mass is 212 g/mol. The first-order chi connectivity index (χ1) is 7.15. The van der Waals surface area contributed by atoms with Gasteiger partial charge in [-0.2, -0.15) is 5.21 Å². The molecule has 0 bridgehead atoms. The number of nitrogens with zero attached hydrogens (tertiary/aromatic N) is 3. The summed E-state index contributed by atoms with van der Waals surface area (Å²) in [7, 11) is 0. The predicted molar refractivity (Wildman–Crippen MR) is 53.6 cm³/mol. The number of hydrogen-bond donors (Lipinski definition) is 3. The van der Waals surface area contributed by atoms with Gasteiger partial charge < -0.3 is 11.1 Å². The number of hydrogen-bond acceptors (Lipinski definition) is 5. The molecule has 7 nitrogen and oxygen atoms in total. The van der Waals surface area contributed by atoms with Gasteiger partial charge in [0.25, 0.3) is 0 Å². The fourth-order valence-electron chi connectivity index (χ4n) is 1.15. The second kappa shape index (κ2) is 5.40. The van der Waals surface area contributed by atoms with E-state index in [-0.39, 0.29) is 17.9 Å². The molecule has 15 heavy (non-hydrogen) atoms. The molecule has 0 aliphatic rings. The highest BCUT2D eigenvalue weighted by molar-refractivity contribution is 5.78. The van der Waals surface area contributed by atoms with E-state index < -0.39 is 0 Å². The van der Waals surface area contributed by atoms with Crippen molar-refractivity contribution in [3.05, 3.63) is 5.82 Å². The number of tetrazole rings is 1. The van der Waals surface area contributed by atoms with E-state index in [9.17, 15) is 4.79 Å².